The number of methoxy groups -OCH3 is 1. The monoisotopic (exact) mass is 288 g/mol. The number of ether oxygens (including phenoxy) is 1. The molecule has 1 saturated carbocycles. The fourth-order valence-corrected chi connectivity index (χ4v) is 3.58. The highest BCUT2D eigenvalue weighted by molar-refractivity contribution is 5.45. The summed E-state index contributed by atoms with van der Waals surface area (Å²) in [5, 5.41) is 3.68. The van der Waals surface area contributed by atoms with Gasteiger partial charge in [0.2, 0.25) is 0 Å². The maximum absolute atomic E-state index is 5.44. The second-order valence-electron chi connectivity index (χ2n) is 6.53. The molecule has 0 spiro atoms. The molecule has 21 heavy (non-hydrogen) atoms. The molecule has 2 aliphatic rings. The van der Waals surface area contributed by atoms with Crippen LogP contribution in [0, 0.1) is 0 Å². The summed E-state index contributed by atoms with van der Waals surface area (Å²) in [6, 6.07) is 9.66. The Bertz CT molecular complexity index is 417. The molecule has 1 N–H and O–H groups in total. The van der Waals surface area contributed by atoms with E-state index in [1.807, 2.05) is 7.11 Å². The molecule has 0 radical (unpaired) electrons. The van der Waals surface area contributed by atoms with Gasteiger partial charge >= 0.3 is 0 Å². The van der Waals surface area contributed by atoms with Gasteiger partial charge in [0.1, 0.15) is 0 Å². The van der Waals surface area contributed by atoms with Crippen molar-refractivity contribution in [2.45, 2.75) is 57.2 Å². The zero-order valence-electron chi connectivity index (χ0n) is 13.2. The van der Waals surface area contributed by atoms with Crippen molar-refractivity contribution in [2.24, 2.45) is 0 Å². The van der Waals surface area contributed by atoms with Gasteiger partial charge in [-0.1, -0.05) is 12.1 Å². The van der Waals surface area contributed by atoms with Gasteiger partial charge in [-0.2, -0.15) is 0 Å². The first-order chi connectivity index (χ1) is 10.3. The highest BCUT2D eigenvalue weighted by atomic mass is 16.5. The van der Waals surface area contributed by atoms with E-state index in [4.69, 9.17) is 4.74 Å². The standard InChI is InChI=1S/C18H28N2O/c1-21-18-10-8-17(9-11-18)19-16-6-4-15(5-7-16)14-20-12-2-3-13-20/h4-7,17-19H,2-3,8-14H2,1H3. The Morgan fingerprint density at radius 1 is 1.05 bits per heavy atom. The molecule has 1 aromatic carbocycles. The quantitative estimate of drug-likeness (QED) is 0.895. The average Bonchev–Trinajstić information content (AvgIpc) is 3.03. The third kappa shape index (κ3) is 4.21. The van der Waals surface area contributed by atoms with Gasteiger partial charge in [-0.3, -0.25) is 4.90 Å². The van der Waals surface area contributed by atoms with Gasteiger partial charge in [-0.25, -0.2) is 0 Å². The van der Waals surface area contributed by atoms with E-state index in [1.54, 1.807) is 0 Å². The Labute approximate surface area is 128 Å². The first-order valence-corrected chi connectivity index (χ1v) is 8.44. The van der Waals surface area contributed by atoms with Crippen molar-refractivity contribution < 1.29 is 4.74 Å². The molecular weight excluding hydrogens is 260 g/mol. The van der Waals surface area contributed by atoms with Crippen LogP contribution in [0.25, 0.3) is 0 Å². The van der Waals surface area contributed by atoms with Crippen molar-refractivity contribution in [2.75, 3.05) is 25.5 Å². The minimum Gasteiger partial charge on any atom is -0.382 e. The molecule has 0 bridgehead atoms. The molecular formula is C18H28N2O. The Morgan fingerprint density at radius 3 is 2.33 bits per heavy atom. The minimum atomic E-state index is 0.478. The highest BCUT2D eigenvalue weighted by Gasteiger charge is 2.20. The average molecular weight is 288 g/mol. The summed E-state index contributed by atoms with van der Waals surface area (Å²) >= 11 is 0. The predicted molar refractivity (Wildman–Crippen MR) is 87.6 cm³/mol. The summed E-state index contributed by atoms with van der Waals surface area (Å²) in [4.78, 5) is 2.55. The molecule has 1 heterocycles. The van der Waals surface area contributed by atoms with Gasteiger partial charge in [0.05, 0.1) is 6.10 Å². The van der Waals surface area contributed by atoms with Crippen molar-refractivity contribution in [3.05, 3.63) is 29.8 Å². The summed E-state index contributed by atoms with van der Waals surface area (Å²) in [6.45, 7) is 3.64. The third-order valence-electron chi connectivity index (χ3n) is 4.94. The van der Waals surface area contributed by atoms with Crippen LogP contribution in [0.2, 0.25) is 0 Å². The molecule has 0 aromatic heterocycles. The smallest absolute Gasteiger partial charge is 0.0572 e. The molecule has 1 aromatic rings. The predicted octanol–water partition coefficient (Wildman–Crippen LogP) is 3.65. The lowest BCUT2D eigenvalue weighted by Crippen LogP contribution is -2.29. The summed E-state index contributed by atoms with van der Waals surface area (Å²) in [5.74, 6) is 0. The number of likely N-dealkylation sites (tertiary alicyclic amines) is 1. The van der Waals surface area contributed by atoms with Crippen molar-refractivity contribution in [3.63, 3.8) is 0 Å². The van der Waals surface area contributed by atoms with E-state index < -0.39 is 0 Å². The van der Waals surface area contributed by atoms with Gasteiger partial charge < -0.3 is 10.1 Å². The fourth-order valence-electron chi connectivity index (χ4n) is 3.58. The molecule has 3 nitrogen and oxygen atoms in total. The Morgan fingerprint density at radius 2 is 1.71 bits per heavy atom. The van der Waals surface area contributed by atoms with E-state index >= 15 is 0 Å². The van der Waals surface area contributed by atoms with Crippen LogP contribution >= 0.6 is 0 Å². The van der Waals surface area contributed by atoms with Gasteiger partial charge in [0, 0.05) is 25.4 Å². The number of hydrogen-bond acceptors (Lipinski definition) is 3. The number of hydrogen-bond donors (Lipinski definition) is 1. The van der Waals surface area contributed by atoms with Crippen molar-refractivity contribution in [1.29, 1.82) is 0 Å². The maximum atomic E-state index is 5.44. The van der Waals surface area contributed by atoms with Crippen molar-refractivity contribution >= 4 is 5.69 Å². The van der Waals surface area contributed by atoms with Crippen LogP contribution in [0.4, 0.5) is 5.69 Å². The van der Waals surface area contributed by atoms with Crippen molar-refractivity contribution in [3.8, 4) is 0 Å². The van der Waals surface area contributed by atoms with Crippen LogP contribution in [0.5, 0.6) is 0 Å². The summed E-state index contributed by atoms with van der Waals surface area (Å²) in [7, 11) is 1.83. The normalized spacial score (nSPS) is 26.9. The molecule has 1 saturated heterocycles. The molecule has 1 aliphatic heterocycles. The zero-order valence-corrected chi connectivity index (χ0v) is 13.2. The lowest BCUT2D eigenvalue weighted by Gasteiger charge is -2.29. The largest absolute Gasteiger partial charge is 0.382 e. The Kier molecular flexibility index (Phi) is 5.15. The van der Waals surface area contributed by atoms with Crippen LogP contribution in [-0.4, -0.2) is 37.2 Å². The summed E-state index contributed by atoms with van der Waals surface area (Å²) < 4.78 is 5.44. The summed E-state index contributed by atoms with van der Waals surface area (Å²) in [6.07, 6.45) is 8.00. The number of anilines is 1. The summed E-state index contributed by atoms with van der Waals surface area (Å²) in [5.41, 5.74) is 2.70. The third-order valence-corrected chi connectivity index (χ3v) is 4.94. The van der Waals surface area contributed by atoms with Crippen LogP contribution in [0.3, 0.4) is 0 Å². The van der Waals surface area contributed by atoms with Crippen LogP contribution < -0.4 is 5.32 Å². The Balaban J connectivity index is 1.48. The second-order valence-corrected chi connectivity index (χ2v) is 6.53. The lowest BCUT2D eigenvalue weighted by atomic mass is 9.93. The Hall–Kier alpha value is -1.06. The van der Waals surface area contributed by atoms with Crippen molar-refractivity contribution in [1.82, 2.24) is 4.90 Å². The van der Waals surface area contributed by atoms with E-state index in [-0.39, 0.29) is 0 Å². The molecule has 0 unspecified atom stereocenters. The SMILES string of the molecule is COC1CCC(Nc2ccc(CN3CCCC3)cc2)CC1. The first kappa shape index (κ1) is 14.9. The molecule has 116 valence electrons. The number of benzene rings is 1. The van der Waals surface area contributed by atoms with E-state index in [0.717, 1.165) is 6.54 Å². The highest BCUT2D eigenvalue weighted by Crippen LogP contribution is 2.24. The molecule has 0 atom stereocenters. The topological polar surface area (TPSA) is 24.5 Å². The van der Waals surface area contributed by atoms with Gasteiger partial charge in [-0.15, -0.1) is 0 Å². The van der Waals surface area contributed by atoms with E-state index in [0.29, 0.717) is 12.1 Å². The fraction of sp³-hybridized carbons (Fsp3) is 0.667. The van der Waals surface area contributed by atoms with Gasteiger partial charge in [0.25, 0.3) is 0 Å². The number of rotatable bonds is 5. The maximum Gasteiger partial charge on any atom is 0.0572 e. The lowest BCUT2D eigenvalue weighted by molar-refractivity contribution is 0.0682. The van der Waals surface area contributed by atoms with E-state index in [1.165, 1.54) is 62.9 Å². The van der Waals surface area contributed by atoms with Gasteiger partial charge in [0.15, 0.2) is 0 Å². The van der Waals surface area contributed by atoms with Gasteiger partial charge in [-0.05, 0) is 69.3 Å². The van der Waals surface area contributed by atoms with Crippen LogP contribution in [-0.2, 0) is 11.3 Å². The molecule has 1 aliphatic carbocycles. The number of nitrogens with zero attached hydrogens (tertiary/aromatic N) is 1. The minimum absolute atomic E-state index is 0.478. The number of nitrogens with one attached hydrogen (secondary N) is 1. The van der Waals surface area contributed by atoms with E-state index in [2.05, 4.69) is 34.5 Å². The van der Waals surface area contributed by atoms with Crippen LogP contribution in [0.1, 0.15) is 44.1 Å². The van der Waals surface area contributed by atoms with Crippen LogP contribution in [0.15, 0.2) is 24.3 Å². The molecule has 3 heteroatoms. The van der Waals surface area contributed by atoms with E-state index in [9.17, 15) is 0 Å². The zero-order chi connectivity index (χ0) is 14.5. The second kappa shape index (κ2) is 7.28. The molecule has 0 amide bonds. The first-order valence-electron chi connectivity index (χ1n) is 8.44. The molecule has 2 fully saturated rings. The molecule has 3 rings (SSSR count).